The number of hydrogen-bond acceptors (Lipinski definition) is 4. The molecule has 0 saturated carbocycles. The maximum atomic E-state index is 12.3. The highest BCUT2D eigenvalue weighted by Crippen LogP contribution is 2.33. The molecule has 1 N–H and O–H groups in total. The van der Waals surface area contributed by atoms with Gasteiger partial charge in [0.1, 0.15) is 11.1 Å². The SMILES string of the molecule is CCc1c(C)sc(NC(=O)C2CC(=O)N(CC)C2)c1C#N. The molecule has 1 atom stereocenters. The standard InChI is InChI=1S/C15H19N3O2S/c1-4-11-9(3)21-15(12(11)7-16)17-14(20)10-6-13(19)18(5-2)8-10/h10H,4-6,8H2,1-3H3,(H,17,20). The van der Waals surface area contributed by atoms with Crippen molar-refractivity contribution in [1.29, 1.82) is 5.26 Å². The Bertz CT molecular complexity index is 615. The number of nitriles is 1. The summed E-state index contributed by atoms with van der Waals surface area (Å²) in [5.74, 6) is -0.467. The zero-order chi connectivity index (χ0) is 15.6. The van der Waals surface area contributed by atoms with Gasteiger partial charge in [0, 0.05) is 24.4 Å². The van der Waals surface area contributed by atoms with Gasteiger partial charge in [0.2, 0.25) is 11.8 Å². The Hall–Kier alpha value is -1.87. The van der Waals surface area contributed by atoms with E-state index in [0.29, 0.717) is 23.7 Å². The Morgan fingerprint density at radius 3 is 2.76 bits per heavy atom. The predicted molar refractivity (Wildman–Crippen MR) is 82.1 cm³/mol. The molecule has 21 heavy (non-hydrogen) atoms. The van der Waals surface area contributed by atoms with Crippen molar-refractivity contribution in [1.82, 2.24) is 4.90 Å². The van der Waals surface area contributed by atoms with E-state index in [1.807, 2.05) is 20.8 Å². The molecule has 0 bridgehead atoms. The molecular formula is C15H19N3O2S. The third kappa shape index (κ3) is 2.93. The van der Waals surface area contributed by atoms with Crippen molar-refractivity contribution in [2.45, 2.75) is 33.6 Å². The average molecular weight is 305 g/mol. The van der Waals surface area contributed by atoms with Crippen molar-refractivity contribution in [3.8, 4) is 6.07 Å². The van der Waals surface area contributed by atoms with Gasteiger partial charge in [0.25, 0.3) is 0 Å². The number of rotatable bonds is 4. The van der Waals surface area contributed by atoms with Crippen molar-refractivity contribution in [2.75, 3.05) is 18.4 Å². The highest BCUT2D eigenvalue weighted by molar-refractivity contribution is 7.16. The first-order chi connectivity index (χ1) is 10.0. The molecule has 112 valence electrons. The second-order valence-electron chi connectivity index (χ2n) is 5.13. The fraction of sp³-hybridized carbons (Fsp3) is 0.533. The van der Waals surface area contributed by atoms with E-state index in [4.69, 9.17) is 0 Å². The van der Waals surface area contributed by atoms with Crippen molar-refractivity contribution in [3.05, 3.63) is 16.0 Å². The summed E-state index contributed by atoms with van der Waals surface area (Å²) in [4.78, 5) is 26.7. The number of anilines is 1. The Kier molecular flexibility index (Phi) is 4.63. The quantitative estimate of drug-likeness (QED) is 0.927. The Labute approximate surface area is 128 Å². The topological polar surface area (TPSA) is 73.2 Å². The maximum Gasteiger partial charge on any atom is 0.230 e. The van der Waals surface area contributed by atoms with Gasteiger partial charge in [0.05, 0.1) is 11.5 Å². The third-order valence-corrected chi connectivity index (χ3v) is 4.94. The Balaban J connectivity index is 2.14. The van der Waals surface area contributed by atoms with Gasteiger partial charge in [-0.3, -0.25) is 9.59 Å². The molecule has 2 rings (SSSR count). The van der Waals surface area contributed by atoms with E-state index >= 15 is 0 Å². The number of likely N-dealkylation sites (tertiary alicyclic amines) is 1. The van der Waals surface area contributed by atoms with Crippen molar-refractivity contribution in [2.24, 2.45) is 5.92 Å². The molecule has 0 spiro atoms. The Morgan fingerprint density at radius 2 is 2.24 bits per heavy atom. The zero-order valence-corrected chi connectivity index (χ0v) is 13.3. The molecule has 1 aromatic rings. The Morgan fingerprint density at radius 1 is 1.52 bits per heavy atom. The normalized spacial score (nSPS) is 17.9. The van der Waals surface area contributed by atoms with E-state index < -0.39 is 0 Å². The van der Waals surface area contributed by atoms with Crippen LogP contribution in [0.15, 0.2) is 0 Å². The summed E-state index contributed by atoms with van der Waals surface area (Å²) in [6.45, 7) is 6.95. The van der Waals surface area contributed by atoms with E-state index in [-0.39, 0.29) is 24.2 Å². The number of thiophene rings is 1. The number of aryl methyl sites for hydroxylation is 1. The summed E-state index contributed by atoms with van der Waals surface area (Å²) in [5.41, 5.74) is 1.56. The van der Waals surface area contributed by atoms with E-state index in [9.17, 15) is 14.9 Å². The first kappa shape index (κ1) is 15.5. The van der Waals surface area contributed by atoms with E-state index in [1.165, 1.54) is 11.3 Å². The van der Waals surface area contributed by atoms with Crippen LogP contribution in [0, 0.1) is 24.2 Å². The minimum Gasteiger partial charge on any atom is -0.342 e. The minimum absolute atomic E-state index is 0.0229. The van der Waals surface area contributed by atoms with Crippen molar-refractivity contribution < 1.29 is 9.59 Å². The number of hydrogen-bond donors (Lipinski definition) is 1. The molecule has 2 heterocycles. The minimum atomic E-state index is -0.323. The lowest BCUT2D eigenvalue weighted by Crippen LogP contribution is -2.28. The first-order valence-corrected chi connectivity index (χ1v) is 7.94. The molecule has 2 amide bonds. The molecule has 0 aliphatic carbocycles. The molecule has 6 heteroatoms. The van der Waals surface area contributed by atoms with Gasteiger partial charge in [-0.1, -0.05) is 6.92 Å². The lowest BCUT2D eigenvalue weighted by Gasteiger charge is -2.13. The summed E-state index contributed by atoms with van der Waals surface area (Å²) >= 11 is 1.43. The van der Waals surface area contributed by atoms with Crippen LogP contribution in [0.4, 0.5) is 5.00 Å². The number of nitrogens with one attached hydrogen (secondary N) is 1. The summed E-state index contributed by atoms with van der Waals surface area (Å²) in [6, 6.07) is 2.18. The third-order valence-electron chi connectivity index (χ3n) is 3.88. The largest absolute Gasteiger partial charge is 0.342 e. The molecule has 0 aromatic carbocycles. The molecule has 1 aliphatic heterocycles. The van der Waals surface area contributed by atoms with Crippen molar-refractivity contribution >= 4 is 28.2 Å². The molecular weight excluding hydrogens is 286 g/mol. The predicted octanol–water partition coefficient (Wildman–Crippen LogP) is 2.30. The van der Waals surface area contributed by atoms with Crippen LogP contribution in [0.5, 0.6) is 0 Å². The number of nitrogens with zero attached hydrogens (tertiary/aromatic N) is 2. The van der Waals surface area contributed by atoms with E-state index in [1.54, 1.807) is 4.90 Å². The van der Waals surface area contributed by atoms with Gasteiger partial charge in [0.15, 0.2) is 0 Å². The fourth-order valence-corrected chi connectivity index (χ4v) is 3.78. The molecule has 1 unspecified atom stereocenters. The van der Waals surface area contributed by atoms with Gasteiger partial charge in [-0.25, -0.2) is 0 Å². The van der Waals surface area contributed by atoms with Gasteiger partial charge in [-0.2, -0.15) is 5.26 Å². The molecule has 1 aliphatic rings. The van der Waals surface area contributed by atoms with Crippen LogP contribution < -0.4 is 5.32 Å². The first-order valence-electron chi connectivity index (χ1n) is 7.12. The number of carbonyl (C=O) groups excluding carboxylic acids is 2. The molecule has 1 saturated heterocycles. The van der Waals surface area contributed by atoms with E-state index in [0.717, 1.165) is 16.9 Å². The van der Waals surface area contributed by atoms with Crippen LogP contribution in [0.25, 0.3) is 0 Å². The second kappa shape index (κ2) is 6.27. The summed E-state index contributed by atoms with van der Waals surface area (Å²) in [5, 5.41) is 12.7. The monoisotopic (exact) mass is 305 g/mol. The van der Waals surface area contributed by atoms with Crippen LogP contribution in [0.2, 0.25) is 0 Å². The van der Waals surface area contributed by atoms with Crippen LogP contribution in [-0.2, 0) is 16.0 Å². The van der Waals surface area contributed by atoms with Crippen molar-refractivity contribution in [3.63, 3.8) is 0 Å². The number of amides is 2. The number of carbonyl (C=O) groups is 2. The van der Waals surface area contributed by atoms with Gasteiger partial charge < -0.3 is 10.2 Å². The highest BCUT2D eigenvalue weighted by Gasteiger charge is 2.34. The van der Waals surface area contributed by atoms with Gasteiger partial charge >= 0.3 is 0 Å². The van der Waals surface area contributed by atoms with Crippen LogP contribution >= 0.6 is 11.3 Å². The van der Waals surface area contributed by atoms with Gasteiger partial charge in [-0.15, -0.1) is 11.3 Å². The van der Waals surface area contributed by atoms with Crippen LogP contribution in [-0.4, -0.2) is 29.8 Å². The van der Waals surface area contributed by atoms with E-state index in [2.05, 4.69) is 11.4 Å². The molecule has 1 fully saturated rings. The highest BCUT2D eigenvalue weighted by atomic mass is 32.1. The lowest BCUT2D eigenvalue weighted by molar-refractivity contribution is -0.128. The molecule has 1 aromatic heterocycles. The maximum absolute atomic E-state index is 12.3. The second-order valence-corrected chi connectivity index (χ2v) is 6.35. The molecule has 5 nitrogen and oxygen atoms in total. The average Bonchev–Trinajstić information content (AvgIpc) is 2.98. The van der Waals surface area contributed by atoms with Gasteiger partial charge in [-0.05, 0) is 25.8 Å². The van der Waals surface area contributed by atoms with Crippen LogP contribution in [0.1, 0.15) is 36.3 Å². The van der Waals surface area contributed by atoms with Crippen LogP contribution in [0.3, 0.4) is 0 Å². The summed E-state index contributed by atoms with van der Waals surface area (Å²) in [7, 11) is 0. The smallest absolute Gasteiger partial charge is 0.230 e. The summed E-state index contributed by atoms with van der Waals surface area (Å²) in [6.07, 6.45) is 1.03. The summed E-state index contributed by atoms with van der Waals surface area (Å²) < 4.78 is 0. The fourth-order valence-electron chi connectivity index (χ4n) is 2.68. The molecule has 0 radical (unpaired) electrons. The zero-order valence-electron chi connectivity index (χ0n) is 12.5. The lowest BCUT2D eigenvalue weighted by atomic mass is 10.1.